The Morgan fingerprint density at radius 2 is 1.89 bits per heavy atom. The molecule has 1 saturated heterocycles. The average molecular weight is 367 g/mol. The lowest BCUT2D eigenvalue weighted by atomic mass is 10.2. The van der Waals surface area contributed by atoms with Crippen LogP contribution in [0.25, 0.3) is 0 Å². The number of hydrogen-bond acceptors (Lipinski definition) is 4. The molecular formula is C22H29N3O2. The molecule has 0 aliphatic carbocycles. The molecule has 1 aliphatic rings. The van der Waals surface area contributed by atoms with Crippen molar-refractivity contribution < 1.29 is 9.53 Å². The molecule has 0 spiro atoms. The third-order valence-electron chi connectivity index (χ3n) is 4.88. The monoisotopic (exact) mass is 367 g/mol. The molecule has 1 N–H and O–H groups in total. The van der Waals surface area contributed by atoms with Gasteiger partial charge in [-0.2, -0.15) is 0 Å². The zero-order valence-electron chi connectivity index (χ0n) is 15.9. The first-order valence-electron chi connectivity index (χ1n) is 9.91. The molecule has 1 aliphatic heterocycles. The molecule has 0 bridgehead atoms. The number of benzene rings is 1. The van der Waals surface area contributed by atoms with Crippen LogP contribution in [0.4, 0.5) is 0 Å². The largest absolute Gasteiger partial charge is 0.489 e. The Kier molecular flexibility index (Phi) is 7.66. The summed E-state index contributed by atoms with van der Waals surface area (Å²) in [5.74, 6) is 1.14. The van der Waals surface area contributed by atoms with Gasteiger partial charge in [-0.05, 0) is 25.0 Å². The number of carbonyl (C=O) groups is 1. The van der Waals surface area contributed by atoms with Crippen LogP contribution < -0.4 is 10.1 Å². The van der Waals surface area contributed by atoms with Crippen molar-refractivity contribution in [2.75, 3.05) is 19.6 Å². The highest BCUT2D eigenvalue weighted by molar-refractivity contribution is 5.76. The van der Waals surface area contributed by atoms with E-state index >= 15 is 0 Å². The van der Waals surface area contributed by atoms with Gasteiger partial charge in [-0.1, -0.05) is 37.1 Å². The summed E-state index contributed by atoms with van der Waals surface area (Å²) in [7, 11) is 0. The number of carbonyl (C=O) groups excluding carboxylic acids is 1. The Balaban J connectivity index is 1.43. The number of nitrogens with zero attached hydrogens (tertiary/aromatic N) is 2. The highest BCUT2D eigenvalue weighted by Gasteiger charge is 2.14. The number of rotatable bonds is 8. The molecule has 1 aromatic carbocycles. The summed E-state index contributed by atoms with van der Waals surface area (Å²) in [4.78, 5) is 18.5. The second-order valence-electron chi connectivity index (χ2n) is 6.98. The van der Waals surface area contributed by atoms with Crippen LogP contribution in [0.1, 0.15) is 43.2 Å². The number of para-hydroxylation sites is 1. The van der Waals surface area contributed by atoms with Crippen molar-refractivity contribution in [1.29, 1.82) is 0 Å². The lowest BCUT2D eigenvalue weighted by Gasteiger charge is -2.20. The highest BCUT2D eigenvalue weighted by Crippen LogP contribution is 2.19. The number of likely N-dealkylation sites (tertiary alicyclic amines) is 1. The number of pyridine rings is 1. The molecular weight excluding hydrogens is 338 g/mol. The summed E-state index contributed by atoms with van der Waals surface area (Å²) in [6, 6.07) is 11.9. The molecule has 3 rings (SSSR count). The van der Waals surface area contributed by atoms with Gasteiger partial charge in [0.25, 0.3) is 0 Å². The Morgan fingerprint density at radius 3 is 2.67 bits per heavy atom. The van der Waals surface area contributed by atoms with E-state index in [9.17, 15) is 4.79 Å². The van der Waals surface area contributed by atoms with Gasteiger partial charge in [0.15, 0.2) is 0 Å². The van der Waals surface area contributed by atoms with Gasteiger partial charge in [-0.15, -0.1) is 0 Å². The van der Waals surface area contributed by atoms with E-state index in [0.717, 1.165) is 42.8 Å². The topological polar surface area (TPSA) is 54.5 Å². The Morgan fingerprint density at radius 1 is 1.07 bits per heavy atom. The Hall–Kier alpha value is -2.40. The quantitative estimate of drug-likeness (QED) is 0.725. The molecule has 0 radical (unpaired) electrons. The van der Waals surface area contributed by atoms with Crippen LogP contribution in [0.15, 0.2) is 48.8 Å². The van der Waals surface area contributed by atoms with Crippen LogP contribution in [0.5, 0.6) is 5.75 Å². The summed E-state index contributed by atoms with van der Waals surface area (Å²) < 4.78 is 5.96. The van der Waals surface area contributed by atoms with Gasteiger partial charge in [0.05, 0.1) is 0 Å². The molecule has 5 nitrogen and oxygen atoms in total. The van der Waals surface area contributed by atoms with Crippen molar-refractivity contribution >= 4 is 5.91 Å². The first-order chi connectivity index (χ1) is 13.3. The van der Waals surface area contributed by atoms with Crippen molar-refractivity contribution in [3.8, 4) is 5.75 Å². The summed E-state index contributed by atoms with van der Waals surface area (Å²) in [6.07, 6.45) is 8.90. The standard InChI is InChI=1S/C22H29N3O2/c26-22(25-14-5-1-2-6-15-25)11-13-24-17-20-9-3-4-10-21(20)27-18-19-8-7-12-23-16-19/h3-4,7-10,12,16,24H,1-2,5-6,11,13-15,17-18H2. The van der Waals surface area contributed by atoms with Gasteiger partial charge < -0.3 is 15.0 Å². The van der Waals surface area contributed by atoms with Crippen molar-refractivity contribution in [3.05, 3.63) is 59.9 Å². The number of nitrogens with one attached hydrogen (secondary N) is 1. The molecule has 0 atom stereocenters. The number of aromatic nitrogens is 1. The zero-order valence-corrected chi connectivity index (χ0v) is 15.9. The maximum Gasteiger partial charge on any atom is 0.223 e. The number of hydrogen-bond donors (Lipinski definition) is 1. The fourth-order valence-corrected chi connectivity index (χ4v) is 3.33. The third-order valence-corrected chi connectivity index (χ3v) is 4.88. The van der Waals surface area contributed by atoms with Crippen molar-refractivity contribution in [2.24, 2.45) is 0 Å². The smallest absolute Gasteiger partial charge is 0.223 e. The lowest BCUT2D eigenvalue weighted by Crippen LogP contribution is -2.33. The van der Waals surface area contributed by atoms with E-state index in [1.54, 1.807) is 6.20 Å². The van der Waals surface area contributed by atoms with Crippen molar-refractivity contribution in [2.45, 2.75) is 45.3 Å². The summed E-state index contributed by atoms with van der Waals surface area (Å²) in [5.41, 5.74) is 2.15. The second kappa shape index (κ2) is 10.7. The number of ether oxygens (including phenoxy) is 1. The van der Waals surface area contributed by atoms with E-state index in [2.05, 4.69) is 16.4 Å². The molecule has 0 unspecified atom stereocenters. The summed E-state index contributed by atoms with van der Waals surface area (Å²) in [6.45, 7) is 3.72. The predicted molar refractivity (Wildman–Crippen MR) is 106 cm³/mol. The Bertz CT molecular complexity index is 698. The molecule has 144 valence electrons. The normalized spacial score (nSPS) is 14.6. The van der Waals surface area contributed by atoms with Crippen LogP contribution in [-0.2, 0) is 17.9 Å². The first kappa shape index (κ1) is 19.4. The van der Waals surface area contributed by atoms with Crippen LogP contribution in [-0.4, -0.2) is 35.4 Å². The summed E-state index contributed by atoms with van der Waals surface area (Å²) in [5, 5.41) is 3.39. The molecule has 27 heavy (non-hydrogen) atoms. The molecule has 1 amide bonds. The Labute approximate surface area is 161 Å². The summed E-state index contributed by atoms with van der Waals surface area (Å²) >= 11 is 0. The van der Waals surface area contributed by atoms with Gasteiger partial charge in [0.1, 0.15) is 12.4 Å². The van der Waals surface area contributed by atoms with Gasteiger partial charge in [-0.3, -0.25) is 9.78 Å². The maximum absolute atomic E-state index is 12.3. The van der Waals surface area contributed by atoms with Crippen LogP contribution >= 0.6 is 0 Å². The van der Waals surface area contributed by atoms with E-state index in [4.69, 9.17) is 4.74 Å². The fourth-order valence-electron chi connectivity index (χ4n) is 3.33. The van der Waals surface area contributed by atoms with Gasteiger partial charge in [0, 0.05) is 56.1 Å². The molecule has 2 heterocycles. The van der Waals surface area contributed by atoms with Crippen LogP contribution in [0.3, 0.4) is 0 Å². The highest BCUT2D eigenvalue weighted by atomic mass is 16.5. The molecule has 1 aromatic heterocycles. The number of amides is 1. The van der Waals surface area contributed by atoms with E-state index in [0.29, 0.717) is 26.1 Å². The fraction of sp³-hybridized carbons (Fsp3) is 0.455. The lowest BCUT2D eigenvalue weighted by molar-refractivity contribution is -0.131. The van der Waals surface area contributed by atoms with Crippen molar-refractivity contribution in [1.82, 2.24) is 15.2 Å². The van der Waals surface area contributed by atoms with Crippen LogP contribution in [0.2, 0.25) is 0 Å². The maximum atomic E-state index is 12.3. The minimum atomic E-state index is 0.269. The van der Waals surface area contributed by atoms with E-state index < -0.39 is 0 Å². The minimum Gasteiger partial charge on any atom is -0.489 e. The molecule has 0 saturated carbocycles. The second-order valence-corrected chi connectivity index (χ2v) is 6.98. The zero-order chi connectivity index (χ0) is 18.7. The van der Waals surface area contributed by atoms with Crippen LogP contribution in [0, 0.1) is 0 Å². The molecule has 1 fully saturated rings. The molecule has 5 heteroatoms. The van der Waals surface area contributed by atoms with Crippen molar-refractivity contribution in [3.63, 3.8) is 0 Å². The average Bonchev–Trinajstić information content (AvgIpc) is 3.00. The SMILES string of the molecule is O=C(CCNCc1ccccc1OCc1cccnc1)N1CCCCCC1. The minimum absolute atomic E-state index is 0.269. The van der Waals surface area contributed by atoms with E-state index in [1.165, 1.54) is 12.8 Å². The third kappa shape index (κ3) is 6.36. The molecule has 2 aromatic rings. The van der Waals surface area contributed by atoms with E-state index in [1.807, 2.05) is 41.4 Å². The van der Waals surface area contributed by atoms with Gasteiger partial charge in [0.2, 0.25) is 5.91 Å². The van der Waals surface area contributed by atoms with E-state index in [-0.39, 0.29) is 5.91 Å². The van der Waals surface area contributed by atoms with Gasteiger partial charge in [-0.25, -0.2) is 0 Å². The predicted octanol–water partition coefficient (Wildman–Crippen LogP) is 3.54. The van der Waals surface area contributed by atoms with Gasteiger partial charge >= 0.3 is 0 Å². The first-order valence-corrected chi connectivity index (χ1v) is 9.91.